The van der Waals surface area contributed by atoms with Crippen LogP contribution in [0.3, 0.4) is 0 Å². The van der Waals surface area contributed by atoms with Crippen LogP contribution in [0.15, 0.2) is 23.0 Å². The Morgan fingerprint density at radius 3 is 2.42 bits per heavy atom. The molecule has 2 N–H and O–H groups in total. The van der Waals surface area contributed by atoms with Gasteiger partial charge >= 0.3 is 11.9 Å². The number of hydrogen-bond acceptors (Lipinski definition) is 4. The van der Waals surface area contributed by atoms with E-state index in [0.29, 0.717) is 4.57 Å². The van der Waals surface area contributed by atoms with Gasteiger partial charge in [-0.3, -0.25) is 19.5 Å². The summed E-state index contributed by atoms with van der Waals surface area (Å²) in [5, 5.41) is 17.5. The summed E-state index contributed by atoms with van der Waals surface area (Å²) in [6, 6.07) is 3.68. The van der Waals surface area contributed by atoms with Crippen LogP contribution in [-0.4, -0.2) is 25.7 Å². The van der Waals surface area contributed by atoms with Gasteiger partial charge in [0.15, 0.2) is 0 Å². The van der Waals surface area contributed by atoms with Crippen LogP contribution in [0.5, 0.6) is 0 Å². The maximum Gasteiger partial charge on any atom is 0.406 e. The van der Waals surface area contributed by atoms with Crippen molar-refractivity contribution >= 4 is 16.7 Å². The summed E-state index contributed by atoms with van der Waals surface area (Å²) < 4.78 is 38.9. The van der Waals surface area contributed by atoms with E-state index in [-0.39, 0.29) is 21.9 Å². The molecule has 0 aliphatic rings. The maximum atomic E-state index is 12.4. The van der Waals surface area contributed by atoms with Gasteiger partial charge in [-0.05, 0) is 18.2 Å². The van der Waals surface area contributed by atoms with Crippen molar-refractivity contribution < 1.29 is 23.6 Å². The number of anilines is 1. The number of aromatic nitrogens is 2. The number of benzene rings is 1. The van der Waals surface area contributed by atoms with E-state index in [9.17, 15) is 18.0 Å². The van der Waals surface area contributed by atoms with Gasteiger partial charge in [-0.1, -0.05) is 0 Å². The van der Waals surface area contributed by atoms with Crippen LogP contribution >= 0.6 is 0 Å². The van der Waals surface area contributed by atoms with Crippen molar-refractivity contribution in [2.75, 3.05) is 5.23 Å². The Morgan fingerprint density at radius 1 is 1.26 bits per heavy atom. The minimum Gasteiger partial charge on any atom is -0.295 e. The largest absolute Gasteiger partial charge is 0.406 e. The Balaban J connectivity index is 2.70. The molecule has 19 heavy (non-hydrogen) atoms. The number of imidazole rings is 1. The third-order valence-electron chi connectivity index (χ3n) is 2.70. The number of fused-ring (bicyclic) bond motifs is 1. The molecule has 0 aliphatic heterocycles. The minimum atomic E-state index is -4.55. The molecule has 0 saturated heterocycles. The van der Waals surface area contributed by atoms with Crippen LogP contribution in [0.1, 0.15) is 0 Å². The van der Waals surface area contributed by atoms with Gasteiger partial charge in [0, 0.05) is 7.05 Å². The van der Waals surface area contributed by atoms with Crippen LogP contribution in [0, 0.1) is 0 Å². The first-order valence-electron chi connectivity index (χ1n) is 5.14. The highest BCUT2D eigenvalue weighted by Crippen LogP contribution is 2.23. The molecule has 0 amide bonds. The van der Waals surface area contributed by atoms with Crippen molar-refractivity contribution in [3.63, 3.8) is 0 Å². The van der Waals surface area contributed by atoms with Crippen LogP contribution in [-0.2, 0) is 13.6 Å². The Kier molecular flexibility index (Phi) is 3.03. The summed E-state index contributed by atoms with van der Waals surface area (Å²) in [6.45, 7) is -1.44. The highest BCUT2D eigenvalue weighted by atomic mass is 19.4. The number of rotatable bonds is 2. The molecular weight excluding hydrogens is 267 g/mol. The highest BCUT2D eigenvalue weighted by Gasteiger charge is 2.30. The van der Waals surface area contributed by atoms with Gasteiger partial charge in [-0.25, -0.2) is 4.79 Å². The second-order valence-corrected chi connectivity index (χ2v) is 4.01. The van der Waals surface area contributed by atoms with Crippen molar-refractivity contribution in [1.29, 1.82) is 0 Å². The molecule has 0 spiro atoms. The average molecular weight is 277 g/mol. The van der Waals surface area contributed by atoms with Gasteiger partial charge in [0.1, 0.15) is 6.54 Å². The van der Waals surface area contributed by atoms with E-state index in [1.165, 1.54) is 19.2 Å². The SMILES string of the molecule is Cn1c(=O)n(CC(F)(F)F)c2cc(N(O)O)ccc21. The van der Waals surface area contributed by atoms with Crippen molar-refractivity contribution in [3.8, 4) is 0 Å². The molecule has 6 nitrogen and oxygen atoms in total. The summed E-state index contributed by atoms with van der Waals surface area (Å²) in [6.07, 6.45) is -4.55. The monoisotopic (exact) mass is 277 g/mol. The molecule has 0 unspecified atom stereocenters. The minimum absolute atomic E-state index is 0.0320. The predicted molar refractivity (Wildman–Crippen MR) is 59.3 cm³/mol. The van der Waals surface area contributed by atoms with Crippen LogP contribution in [0.2, 0.25) is 0 Å². The molecule has 0 aliphatic carbocycles. The lowest BCUT2D eigenvalue weighted by Crippen LogP contribution is -2.28. The first kappa shape index (κ1) is 13.4. The van der Waals surface area contributed by atoms with Gasteiger partial charge in [-0.2, -0.15) is 13.2 Å². The van der Waals surface area contributed by atoms with Crippen molar-refractivity contribution in [1.82, 2.24) is 9.13 Å². The fraction of sp³-hybridized carbons (Fsp3) is 0.300. The van der Waals surface area contributed by atoms with Crippen molar-refractivity contribution in [2.24, 2.45) is 7.05 Å². The van der Waals surface area contributed by atoms with E-state index in [1.54, 1.807) is 0 Å². The number of nitrogens with zero attached hydrogens (tertiary/aromatic N) is 3. The van der Waals surface area contributed by atoms with Crippen LogP contribution in [0.25, 0.3) is 11.0 Å². The fourth-order valence-corrected chi connectivity index (χ4v) is 1.86. The van der Waals surface area contributed by atoms with Gasteiger partial charge < -0.3 is 0 Å². The lowest BCUT2D eigenvalue weighted by atomic mass is 10.2. The third-order valence-corrected chi connectivity index (χ3v) is 2.70. The lowest BCUT2D eigenvalue weighted by Gasteiger charge is -2.10. The lowest BCUT2D eigenvalue weighted by molar-refractivity contribution is -0.140. The molecule has 9 heteroatoms. The molecule has 0 fully saturated rings. The smallest absolute Gasteiger partial charge is 0.295 e. The van der Waals surface area contributed by atoms with Gasteiger partial charge in [0.05, 0.1) is 16.7 Å². The zero-order valence-electron chi connectivity index (χ0n) is 9.72. The first-order chi connectivity index (χ1) is 8.70. The molecule has 2 aromatic rings. The summed E-state index contributed by atoms with van der Waals surface area (Å²) >= 11 is 0. The van der Waals surface area contributed by atoms with Crippen molar-refractivity contribution in [2.45, 2.75) is 12.7 Å². The number of halogens is 3. The van der Waals surface area contributed by atoms with Gasteiger partial charge in [-0.15, -0.1) is 5.23 Å². The number of aryl methyl sites for hydroxylation is 1. The molecule has 0 atom stereocenters. The molecule has 0 bridgehead atoms. The molecule has 1 aromatic heterocycles. The second-order valence-electron chi connectivity index (χ2n) is 4.01. The third kappa shape index (κ3) is 2.42. The quantitative estimate of drug-likeness (QED) is 0.816. The Morgan fingerprint density at radius 2 is 1.89 bits per heavy atom. The van der Waals surface area contributed by atoms with E-state index < -0.39 is 18.4 Å². The van der Waals surface area contributed by atoms with Crippen LogP contribution < -0.4 is 10.9 Å². The van der Waals surface area contributed by atoms with E-state index in [2.05, 4.69) is 0 Å². The molecule has 104 valence electrons. The molecule has 2 rings (SSSR count). The molecule has 0 saturated carbocycles. The van der Waals surface area contributed by atoms with E-state index in [0.717, 1.165) is 10.6 Å². The molecule has 1 aromatic carbocycles. The maximum absolute atomic E-state index is 12.4. The Bertz CT molecular complexity index is 672. The molecule has 0 radical (unpaired) electrons. The summed E-state index contributed by atoms with van der Waals surface area (Å²) in [5.74, 6) is 0. The number of alkyl halides is 3. The Hall–Kier alpha value is -2.00. The zero-order chi connectivity index (χ0) is 14.4. The fourth-order valence-electron chi connectivity index (χ4n) is 1.86. The second kappa shape index (κ2) is 4.28. The molecular formula is C10H10F3N3O3. The summed E-state index contributed by atoms with van der Waals surface area (Å²) in [5.41, 5.74) is -0.740. The van der Waals surface area contributed by atoms with Crippen LogP contribution in [0.4, 0.5) is 18.9 Å². The van der Waals surface area contributed by atoms with Crippen molar-refractivity contribution in [3.05, 3.63) is 28.7 Å². The van der Waals surface area contributed by atoms with E-state index in [1.807, 2.05) is 0 Å². The van der Waals surface area contributed by atoms with Gasteiger partial charge in [0.2, 0.25) is 0 Å². The normalized spacial score (nSPS) is 12.1. The summed E-state index contributed by atoms with van der Waals surface area (Å²) in [7, 11) is 1.34. The average Bonchev–Trinajstić information content (AvgIpc) is 2.52. The first-order valence-corrected chi connectivity index (χ1v) is 5.14. The number of hydrogen-bond donors (Lipinski definition) is 2. The Labute approximate surface area is 104 Å². The highest BCUT2D eigenvalue weighted by molar-refractivity contribution is 5.80. The summed E-state index contributed by atoms with van der Waals surface area (Å²) in [4.78, 5) is 11.7. The van der Waals surface area contributed by atoms with E-state index >= 15 is 0 Å². The topological polar surface area (TPSA) is 70.6 Å². The van der Waals surface area contributed by atoms with E-state index in [4.69, 9.17) is 10.4 Å². The zero-order valence-corrected chi connectivity index (χ0v) is 9.72. The van der Waals surface area contributed by atoms with Gasteiger partial charge in [0.25, 0.3) is 0 Å². The standard InChI is InChI=1S/C10H10F3N3O3/c1-14-7-3-2-6(16(18)19)4-8(7)15(9(14)17)5-10(11,12)13/h2-4,18-19H,5H2,1H3. The molecule has 1 heterocycles. The predicted octanol–water partition coefficient (Wildman–Crippen LogP) is 1.49.